The second-order valence-electron chi connectivity index (χ2n) is 11.1. The molecule has 6 heteroatoms. The summed E-state index contributed by atoms with van der Waals surface area (Å²) >= 11 is 0. The molecule has 1 aliphatic rings. The van der Waals surface area contributed by atoms with Gasteiger partial charge in [0.2, 0.25) is 0 Å². The minimum atomic E-state index is -0.293. The Balaban J connectivity index is 1.52. The van der Waals surface area contributed by atoms with Gasteiger partial charge in [0.05, 0.1) is 29.7 Å². The number of urea groups is 1. The van der Waals surface area contributed by atoms with Crippen molar-refractivity contribution < 1.29 is 4.79 Å². The first kappa shape index (κ1) is 25.7. The van der Waals surface area contributed by atoms with Crippen LogP contribution >= 0.6 is 0 Å². The molecule has 1 aliphatic heterocycles. The summed E-state index contributed by atoms with van der Waals surface area (Å²) in [4.78, 5) is 16.2. The number of amides is 2. The second-order valence-corrected chi connectivity index (χ2v) is 11.1. The predicted molar refractivity (Wildman–Crippen MR) is 160 cm³/mol. The van der Waals surface area contributed by atoms with Gasteiger partial charge >= 0.3 is 6.03 Å². The molecule has 40 heavy (non-hydrogen) atoms. The van der Waals surface area contributed by atoms with Crippen LogP contribution in [0.2, 0.25) is 0 Å². The van der Waals surface area contributed by atoms with Crippen molar-refractivity contribution in [1.82, 2.24) is 19.2 Å². The van der Waals surface area contributed by atoms with E-state index in [0.29, 0.717) is 12.5 Å². The Morgan fingerprint density at radius 3 is 2.27 bits per heavy atom. The summed E-state index contributed by atoms with van der Waals surface area (Å²) in [6.07, 6.45) is 2.08. The molecule has 3 heterocycles. The standard InChI is InChI=1S/C34H35N5O/c1-22(2)26-13-15-27(16-14-26)32-31-12-9-17-37(31)33-30(25(5)36-39(33)29-10-7-6-8-11-29)21-38(32)34(40)35-28-19-23(3)18-24(4)20-28/h6-20,22,32H,21H2,1-5H3,(H,35,40)/t32-/m0/s1. The van der Waals surface area contributed by atoms with Crippen molar-refractivity contribution in [3.63, 3.8) is 0 Å². The molecule has 0 spiro atoms. The van der Waals surface area contributed by atoms with Gasteiger partial charge in [0.15, 0.2) is 0 Å². The molecule has 5 aromatic rings. The number of rotatable bonds is 4. The Kier molecular flexibility index (Phi) is 6.54. The summed E-state index contributed by atoms with van der Waals surface area (Å²) in [5.74, 6) is 1.40. The van der Waals surface area contributed by atoms with Crippen LogP contribution in [0.4, 0.5) is 10.5 Å². The number of aromatic nitrogens is 3. The molecule has 0 saturated heterocycles. The van der Waals surface area contributed by atoms with Crippen LogP contribution in [0, 0.1) is 20.8 Å². The smallest absolute Gasteiger partial charge is 0.308 e. The number of fused-ring (bicyclic) bond motifs is 3. The Bertz CT molecular complexity index is 1660. The van der Waals surface area contributed by atoms with Gasteiger partial charge in [-0.3, -0.25) is 0 Å². The summed E-state index contributed by atoms with van der Waals surface area (Å²) < 4.78 is 4.20. The molecule has 0 radical (unpaired) electrons. The minimum Gasteiger partial charge on any atom is -0.308 e. The van der Waals surface area contributed by atoms with E-state index in [2.05, 4.69) is 84.5 Å². The van der Waals surface area contributed by atoms with Gasteiger partial charge in [-0.15, -0.1) is 0 Å². The molecule has 3 aromatic carbocycles. The lowest BCUT2D eigenvalue weighted by molar-refractivity contribution is 0.194. The van der Waals surface area contributed by atoms with Crippen LogP contribution < -0.4 is 5.32 Å². The maximum absolute atomic E-state index is 14.2. The SMILES string of the molecule is Cc1cc(C)cc(NC(=O)N2Cc3c(C)nn(-c4ccccc4)c3-n3cccc3[C@@H]2c2ccc(C(C)C)cc2)c1. The number of hydrogen-bond acceptors (Lipinski definition) is 2. The van der Waals surface area contributed by atoms with Crippen molar-refractivity contribution in [3.8, 4) is 11.5 Å². The van der Waals surface area contributed by atoms with E-state index in [9.17, 15) is 4.79 Å². The second kappa shape index (κ2) is 10.2. The number of nitrogens with zero attached hydrogens (tertiary/aromatic N) is 4. The third kappa shape index (κ3) is 4.60. The molecule has 0 fully saturated rings. The van der Waals surface area contributed by atoms with Gasteiger partial charge in [0, 0.05) is 17.4 Å². The summed E-state index contributed by atoms with van der Waals surface area (Å²) in [7, 11) is 0. The molecular formula is C34H35N5O. The van der Waals surface area contributed by atoms with E-state index in [0.717, 1.165) is 50.8 Å². The molecule has 0 unspecified atom stereocenters. The molecule has 202 valence electrons. The largest absolute Gasteiger partial charge is 0.322 e. The maximum atomic E-state index is 14.2. The molecule has 0 bridgehead atoms. The predicted octanol–water partition coefficient (Wildman–Crippen LogP) is 7.85. The highest BCUT2D eigenvalue weighted by Gasteiger charge is 2.36. The van der Waals surface area contributed by atoms with Crippen LogP contribution in [0.15, 0.2) is 91.1 Å². The molecule has 1 atom stereocenters. The number of carbonyl (C=O) groups excluding carboxylic acids is 1. The van der Waals surface area contributed by atoms with Crippen LogP contribution in [0.3, 0.4) is 0 Å². The lowest BCUT2D eigenvalue weighted by Crippen LogP contribution is -2.38. The summed E-state index contributed by atoms with van der Waals surface area (Å²) in [6.45, 7) is 10.9. The van der Waals surface area contributed by atoms with E-state index in [1.54, 1.807) is 0 Å². The number of benzene rings is 3. The summed E-state index contributed by atoms with van der Waals surface area (Å²) in [5.41, 5.74) is 9.30. The molecule has 1 N–H and O–H groups in total. The third-order valence-corrected chi connectivity index (χ3v) is 7.74. The lowest BCUT2D eigenvalue weighted by atomic mass is 9.97. The molecule has 6 nitrogen and oxygen atoms in total. The van der Waals surface area contributed by atoms with Gasteiger partial charge < -0.3 is 14.8 Å². The van der Waals surface area contributed by atoms with Crippen LogP contribution in [0.1, 0.15) is 65.0 Å². The highest BCUT2D eigenvalue weighted by molar-refractivity contribution is 5.90. The first-order valence-electron chi connectivity index (χ1n) is 13.9. The van der Waals surface area contributed by atoms with E-state index in [1.165, 1.54) is 5.56 Å². The molecule has 2 aromatic heterocycles. The van der Waals surface area contributed by atoms with Crippen molar-refractivity contribution in [1.29, 1.82) is 0 Å². The molecular weight excluding hydrogens is 494 g/mol. The van der Waals surface area contributed by atoms with Crippen molar-refractivity contribution in [2.45, 2.75) is 53.1 Å². The van der Waals surface area contributed by atoms with Crippen LogP contribution in [0.25, 0.3) is 11.5 Å². The van der Waals surface area contributed by atoms with Crippen molar-refractivity contribution >= 4 is 11.7 Å². The molecule has 2 amide bonds. The Morgan fingerprint density at radius 2 is 1.60 bits per heavy atom. The fourth-order valence-corrected chi connectivity index (χ4v) is 5.81. The number of anilines is 1. The monoisotopic (exact) mass is 529 g/mol. The molecule has 0 saturated carbocycles. The number of nitrogens with one attached hydrogen (secondary N) is 1. The topological polar surface area (TPSA) is 55.1 Å². The Morgan fingerprint density at radius 1 is 0.900 bits per heavy atom. The van der Waals surface area contributed by atoms with Crippen LogP contribution in [-0.4, -0.2) is 25.3 Å². The zero-order valence-corrected chi connectivity index (χ0v) is 23.7. The number of carbonyl (C=O) groups is 1. The summed E-state index contributed by atoms with van der Waals surface area (Å²) in [6, 6.07) is 28.8. The Labute approximate surface area is 235 Å². The minimum absolute atomic E-state index is 0.143. The average molecular weight is 530 g/mol. The van der Waals surface area contributed by atoms with Crippen LogP contribution in [0.5, 0.6) is 0 Å². The van der Waals surface area contributed by atoms with Crippen molar-refractivity contribution in [3.05, 3.63) is 130 Å². The normalized spacial score (nSPS) is 14.6. The van der Waals surface area contributed by atoms with Crippen molar-refractivity contribution in [2.75, 3.05) is 5.32 Å². The zero-order valence-electron chi connectivity index (χ0n) is 23.7. The van der Waals surface area contributed by atoms with Gasteiger partial charge in [-0.05, 0) is 85.3 Å². The molecule has 6 rings (SSSR count). The number of aryl methyl sites for hydroxylation is 3. The van der Waals surface area contributed by atoms with E-state index < -0.39 is 0 Å². The van der Waals surface area contributed by atoms with Gasteiger partial charge in [0.1, 0.15) is 5.82 Å². The lowest BCUT2D eigenvalue weighted by Gasteiger charge is -2.31. The maximum Gasteiger partial charge on any atom is 0.322 e. The number of para-hydroxylation sites is 1. The first-order chi connectivity index (χ1) is 19.3. The fourth-order valence-electron chi connectivity index (χ4n) is 5.81. The first-order valence-corrected chi connectivity index (χ1v) is 13.9. The third-order valence-electron chi connectivity index (χ3n) is 7.74. The fraction of sp³-hybridized carbons (Fsp3) is 0.235. The van der Waals surface area contributed by atoms with E-state index in [4.69, 9.17) is 5.10 Å². The summed E-state index contributed by atoms with van der Waals surface area (Å²) in [5, 5.41) is 8.16. The highest BCUT2D eigenvalue weighted by Crippen LogP contribution is 2.39. The average Bonchev–Trinajstić information content (AvgIpc) is 3.49. The molecule has 0 aliphatic carbocycles. The van der Waals surface area contributed by atoms with Gasteiger partial charge in [-0.2, -0.15) is 5.10 Å². The van der Waals surface area contributed by atoms with E-state index in [1.807, 2.05) is 60.7 Å². The highest BCUT2D eigenvalue weighted by atomic mass is 16.2. The Hall–Kier alpha value is -4.58. The van der Waals surface area contributed by atoms with Crippen LogP contribution in [-0.2, 0) is 6.54 Å². The van der Waals surface area contributed by atoms with E-state index in [-0.39, 0.29) is 12.1 Å². The quantitative estimate of drug-likeness (QED) is 0.258. The van der Waals surface area contributed by atoms with Crippen molar-refractivity contribution in [2.24, 2.45) is 0 Å². The van der Waals surface area contributed by atoms with Gasteiger partial charge in [-0.25, -0.2) is 9.48 Å². The zero-order chi connectivity index (χ0) is 28.0. The van der Waals surface area contributed by atoms with E-state index >= 15 is 0 Å². The van der Waals surface area contributed by atoms with Gasteiger partial charge in [-0.1, -0.05) is 62.4 Å². The number of hydrogen-bond donors (Lipinski definition) is 1. The van der Waals surface area contributed by atoms with Gasteiger partial charge in [0.25, 0.3) is 0 Å².